The van der Waals surface area contributed by atoms with Gasteiger partial charge in [-0.15, -0.1) is 0 Å². The van der Waals surface area contributed by atoms with Gasteiger partial charge in [0, 0.05) is 36.0 Å². The Kier molecular flexibility index (Phi) is 7.70. The number of rotatable bonds is 10. The maximum absolute atomic E-state index is 6.29. The summed E-state index contributed by atoms with van der Waals surface area (Å²) in [5.74, 6) is 0. The third-order valence-electron chi connectivity index (χ3n) is 5.08. The molecule has 0 saturated carbocycles. The quantitative estimate of drug-likeness (QED) is 0.624. The summed E-state index contributed by atoms with van der Waals surface area (Å²) in [5, 5.41) is 8.99. The summed E-state index contributed by atoms with van der Waals surface area (Å²) in [4.78, 5) is 0. The van der Waals surface area contributed by atoms with Gasteiger partial charge in [-0.1, -0.05) is 29.8 Å². The molecule has 0 radical (unpaired) electrons. The highest BCUT2D eigenvalue weighted by atomic mass is 35.5. The lowest BCUT2D eigenvalue weighted by Gasteiger charge is -2.10. The Balaban J connectivity index is 1.41. The van der Waals surface area contributed by atoms with E-state index in [-0.39, 0.29) is 0 Å². The molecule has 1 atom stereocenters. The van der Waals surface area contributed by atoms with Crippen molar-refractivity contribution in [1.29, 1.82) is 0 Å². The zero-order valence-electron chi connectivity index (χ0n) is 16.3. The Bertz CT molecular complexity index is 726. The molecule has 27 heavy (non-hydrogen) atoms. The van der Waals surface area contributed by atoms with Crippen LogP contribution in [0.25, 0.3) is 0 Å². The van der Waals surface area contributed by atoms with E-state index in [1.165, 1.54) is 17.7 Å². The van der Waals surface area contributed by atoms with E-state index in [2.05, 4.69) is 19.2 Å². The summed E-state index contributed by atoms with van der Waals surface area (Å²) < 4.78 is 13.3. The molecule has 148 valence electrons. The second kappa shape index (κ2) is 10.2. The van der Waals surface area contributed by atoms with Crippen LogP contribution in [0.15, 0.2) is 24.3 Å². The predicted octanol–water partition coefficient (Wildman–Crippen LogP) is 3.88. The lowest BCUT2D eigenvalue weighted by atomic mass is 10.2. The third-order valence-corrected chi connectivity index (χ3v) is 5.45. The number of nitrogens with zero attached hydrogens (tertiary/aromatic N) is 2. The average Bonchev–Trinajstić information content (AvgIpc) is 3.26. The molecule has 1 N–H and O–H groups in total. The van der Waals surface area contributed by atoms with Gasteiger partial charge in [0.25, 0.3) is 0 Å². The van der Waals surface area contributed by atoms with Crippen molar-refractivity contribution in [3.8, 4) is 0 Å². The molecule has 1 aromatic heterocycles. The van der Waals surface area contributed by atoms with Gasteiger partial charge < -0.3 is 14.8 Å². The molecule has 1 unspecified atom stereocenters. The van der Waals surface area contributed by atoms with Crippen molar-refractivity contribution in [2.75, 3.05) is 26.4 Å². The van der Waals surface area contributed by atoms with E-state index in [0.29, 0.717) is 12.6 Å². The number of hydrogen-bond acceptors (Lipinski definition) is 4. The standard InChI is InChI=1S/C21H30ClN3O2/c1-16-20(13-23-10-6-11-26-15-19-8-5-12-27-19)17(2)25(24-16)14-18-7-3-4-9-21(18)22/h3-4,7,9,19,23H,5-6,8,10-15H2,1-2H3. The fourth-order valence-electron chi connectivity index (χ4n) is 3.43. The minimum Gasteiger partial charge on any atom is -0.379 e. The molecule has 0 aliphatic carbocycles. The van der Waals surface area contributed by atoms with Crippen molar-refractivity contribution in [2.45, 2.75) is 52.3 Å². The molecule has 2 aromatic rings. The van der Waals surface area contributed by atoms with Crippen LogP contribution >= 0.6 is 11.6 Å². The number of benzene rings is 1. The number of nitrogens with one attached hydrogen (secondary N) is 1. The van der Waals surface area contributed by atoms with Crippen molar-refractivity contribution in [1.82, 2.24) is 15.1 Å². The maximum atomic E-state index is 6.29. The molecular formula is C21H30ClN3O2. The van der Waals surface area contributed by atoms with E-state index in [4.69, 9.17) is 26.2 Å². The minimum absolute atomic E-state index is 0.312. The zero-order valence-corrected chi connectivity index (χ0v) is 17.1. The minimum atomic E-state index is 0.312. The van der Waals surface area contributed by atoms with Crippen molar-refractivity contribution in [3.63, 3.8) is 0 Å². The largest absolute Gasteiger partial charge is 0.379 e. The van der Waals surface area contributed by atoms with Crippen molar-refractivity contribution in [3.05, 3.63) is 51.8 Å². The third kappa shape index (κ3) is 5.79. The van der Waals surface area contributed by atoms with Gasteiger partial charge in [-0.05, 0) is 51.3 Å². The van der Waals surface area contributed by atoms with Gasteiger partial charge in [0.1, 0.15) is 0 Å². The van der Waals surface area contributed by atoms with Gasteiger partial charge in [0.05, 0.1) is 24.9 Å². The van der Waals surface area contributed by atoms with E-state index in [9.17, 15) is 0 Å². The Morgan fingerprint density at radius 3 is 2.96 bits per heavy atom. The van der Waals surface area contributed by atoms with E-state index in [1.807, 2.05) is 28.9 Å². The molecule has 1 saturated heterocycles. The van der Waals surface area contributed by atoms with Crippen LogP contribution in [0, 0.1) is 13.8 Å². The van der Waals surface area contributed by atoms with Gasteiger partial charge >= 0.3 is 0 Å². The van der Waals surface area contributed by atoms with E-state index in [0.717, 1.165) is 62.0 Å². The lowest BCUT2D eigenvalue weighted by Crippen LogP contribution is -2.19. The number of aromatic nitrogens is 2. The number of hydrogen-bond donors (Lipinski definition) is 1. The van der Waals surface area contributed by atoms with Gasteiger partial charge in [-0.2, -0.15) is 5.10 Å². The molecule has 0 amide bonds. The number of ether oxygens (including phenoxy) is 2. The van der Waals surface area contributed by atoms with E-state index < -0.39 is 0 Å². The van der Waals surface area contributed by atoms with Gasteiger partial charge in [-0.25, -0.2) is 0 Å². The number of aryl methyl sites for hydroxylation is 1. The molecule has 2 heterocycles. The topological polar surface area (TPSA) is 48.3 Å². The smallest absolute Gasteiger partial charge is 0.0809 e. The Hall–Kier alpha value is -1.40. The molecule has 1 aromatic carbocycles. The normalized spacial score (nSPS) is 16.9. The van der Waals surface area contributed by atoms with Gasteiger partial charge in [0.15, 0.2) is 0 Å². The fourth-order valence-corrected chi connectivity index (χ4v) is 3.63. The van der Waals surface area contributed by atoms with E-state index >= 15 is 0 Å². The van der Waals surface area contributed by atoms with Crippen LogP contribution in [0.1, 0.15) is 41.8 Å². The summed E-state index contributed by atoms with van der Waals surface area (Å²) in [7, 11) is 0. The van der Waals surface area contributed by atoms with Crippen molar-refractivity contribution < 1.29 is 9.47 Å². The summed E-state index contributed by atoms with van der Waals surface area (Å²) >= 11 is 6.29. The predicted molar refractivity (Wildman–Crippen MR) is 108 cm³/mol. The summed E-state index contributed by atoms with van der Waals surface area (Å²) in [5.41, 5.74) is 4.62. The monoisotopic (exact) mass is 391 g/mol. The molecule has 1 aliphatic rings. The summed E-state index contributed by atoms with van der Waals surface area (Å²) in [6.45, 7) is 9.04. The van der Waals surface area contributed by atoms with Crippen LogP contribution in [-0.4, -0.2) is 42.2 Å². The molecule has 1 fully saturated rings. The highest BCUT2D eigenvalue weighted by Crippen LogP contribution is 2.19. The van der Waals surface area contributed by atoms with Crippen LogP contribution in [0.5, 0.6) is 0 Å². The van der Waals surface area contributed by atoms with Crippen molar-refractivity contribution >= 4 is 11.6 Å². The Morgan fingerprint density at radius 2 is 2.19 bits per heavy atom. The maximum Gasteiger partial charge on any atom is 0.0809 e. The Morgan fingerprint density at radius 1 is 1.33 bits per heavy atom. The summed E-state index contributed by atoms with van der Waals surface area (Å²) in [6.07, 6.45) is 3.61. The molecule has 3 rings (SSSR count). The van der Waals surface area contributed by atoms with E-state index in [1.54, 1.807) is 0 Å². The molecule has 0 bridgehead atoms. The van der Waals surface area contributed by atoms with Crippen LogP contribution in [0.3, 0.4) is 0 Å². The molecule has 0 spiro atoms. The van der Waals surface area contributed by atoms with Crippen LogP contribution in [-0.2, 0) is 22.6 Å². The zero-order chi connectivity index (χ0) is 19.1. The second-order valence-corrected chi connectivity index (χ2v) is 7.55. The van der Waals surface area contributed by atoms with Crippen molar-refractivity contribution in [2.24, 2.45) is 0 Å². The highest BCUT2D eigenvalue weighted by Gasteiger charge is 2.15. The van der Waals surface area contributed by atoms with Gasteiger partial charge in [-0.3, -0.25) is 4.68 Å². The van der Waals surface area contributed by atoms with Gasteiger partial charge in [0.2, 0.25) is 0 Å². The molecule has 1 aliphatic heterocycles. The molecular weight excluding hydrogens is 362 g/mol. The first-order valence-corrected chi connectivity index (χ1v) is 10.2. The van der Waals surface area contributed by atoms with Crippen LogP contribution in [0.2, 0.25) is 5.02 Å². The molecule has 6 heteroatoms. The first-order valence-electron chi connectivity index (χ1n) is 9.81. The van der Waals surface area contributed by atoms with Crippen LogP contribution < -0.4 is 5.32 Å². The lowest BCUT2D eigenvalue weighted by molar-refractivity contribution is 0.0166. The van der Waals surface area contributed by atoms with Crippen LogP contribution in [0.4, 0.5) is 0 Å². The molecule has 5 nitrogen and oxygen atoms in total. The Labute approximate surface area is 167 Å². The SMILES string of the molecule is Cc1nn(Cc2ccccc2Cl)c(C)c1CNCCCOCC1CCCO1. The fraction of sp³-hybridized carbons (Fsp3) is 0.571. The second-order valence-electron chi connectivity index (χ2n) is 7.14. The summed E-state index contributed by atoms with van der Waals surface area (Å²) in [6, 6.07) is 7.93. The first kappa shape index (κ1) is 20.3. The first-order chi connectivity index (χ1) is 13.1. The highest BCUT2D eigenvalue weighted by molar-refractivity contribution is 6.31. The number of halogens is 1. The average molecular weight is 392 g/mol.